The number of aryl methyl sites for hydroxylation is 1. The Morgan fingerprint density at radius 1 is 1.04 bits per heavy atom. The molecule has 27 heavy (non-hydrogen) atoms. The number of ketones is 1. The number of benzene rings is 2. The van der Waals surface area contributed by atoms with Gasteiger partial charge in [0.15, 0.2) is 5.78 Å². The van der Waals surface area contributed by atoms with E-state index in [1.165, 1.54) is 23.6 Å². The van der Waals surface area contributed by atoms with Crippen LogP contribution < -0.4 is 0 Å². The maximum absolute atomic E-state index is 13.0. The molecule has 140 valence electrons. The fourth-order valence-electron chi connectivity index (χ4n) is 4.33. The zero-order chi connectivity index (χ0) is 19.0. The summed E-state index contributed by atoms with van der Waals surface area (Å²) in [4.78, 5) is 15.3. The molecule has 0 N–H and O–H groups in total. The predicted octanol–water partition coefficient (Wildman–Crippen LogP) is 5.16. The monoisotopic (exact) mass is 360 g/mol. The summed E-state index contributed by atoms with van der Waals surface area (Å²) in [6.07, 6.45) is 2.39. The number of Topliss-reactive ketones (excluding diaryl/α,β-unsaturated/α-hetero) is 1. The molecule has 4 rings (SSSR count). The molecule has 1 fully saturated rings. The Kier molecular flexibility index (Phi) is 4.88. The van der Waals surface area contributed by atoms with Crippen LogP contribution in [0.3, 0.4) is 0 Å². The standard InChI is InChI=1S/C24H28N2O/c1-17-11-13-25(14-12-17)16-24(27)22-15-18(2)26(19(22)3)23-10-6-8-20-7-4-5-9-21(20)23/h4-10,15,17H,11-14,16H2,1-3H3. The summed E-state index contributed by atoms with van der Waals surface area (Å²) in [5.74, 6) is 1.02. The van der Waals surface area contributed by atoms with Crippen molar-refractivity contribution in [3.63, 3.8) is 0 Å². The van der Waals surface area contributed by atoms with Crippen LogP contribution in [0.4, 0.5) is 0 Å². The van der Waals surface area contributed by atoms with Crippen molar-refractivity contribution in [2.45, 2.75) is 33.6 Å². The summed E-state index contributed by atoms with van der Waals surface area (Å²) >= 11 is 0. The van der Waals surface area contributed by atoms with E-state index >= 15 is 0 Å². The minimum absolute atomic E-state index is 0.240. The molecule has 1 saturated heterocycles. The molecule has 1 aliphatic rings. The maximum atomic E-state index is 13.0. The van der Waals surface area contributed by atoms with Crippen molar-refractivity contribution in [1.82, 2.24) is 9.47 Å². The highest BCUT2D eigenvalue weighted by Crippen LogP contribution is 2.28. The first-order valence-corrected chi connectivity index (χ1v) is 9.97. The Balaban J connectivity index is 1.66. The Morgan fingerprint density at radius 3 is 2.52 bits per heavy atom. The van der Waals surface area contributed by atoms with Gasteiger partial charge < -0.3 is 4.57 Å². The van der Waals surface area contributed by atoms with E-state index in [0.29, 0.717) is 6.54 Å². The van der Waals surface area contributed by atoms with Crippen LogP contribution in [0.15, 0.2) is 48.5 Å². The number of likely N-dealkylation sites (tertiary alicyclic amines) is 1. The molecule has 0 spiro atoms. The van der Waals surface area contributed by atoms with Gasteiger partial charge in [-0.1, -0.05) is 43.3 Å². The molecule has 0 radical (unpaired) electrons. The van der Waals surface area contributed by atoms with Crippen molar-refractivity contribution >= 4 is 16.6 Å². The average molecular weight is 361 g/mol. The van der Waals surface area contributed by atoms with Gasteiger partial charge in [0.25, 0.3) is 0 Å². The van der Waals surface area contributed by atoms with E-state index in [-0.39, 0.29) is 5.78 Å². The number of piperidine rings is 1. The molecule has 0 bridgehead atoms. The van der Waals surface area contributed by atoms with Gasteiger partial charge in [-0.15, -0.1) is 0 Å². The van der Waals surface area contributed by atoms with Crippen LogP contribution >= 0.6 is 0 Å². The lowest BCUT2D eigenvalue weighted by Crippen LogP contribution is -2.36. The van der Waals surface area contributed by atoms with E-state index in [0.717, 1.165) is 41.6 Å². The molecule has 0 atom stereocenters. The number of nitrogens with zero attached hydrogens (tertiary/aromatic N) is 2. The minimum Gasteiger partial charge on any atom is -0.317 e. The second kappa shape index (κ2) is 7.32. The smallest absolute Gasteiger partial charge is 0.178 e. The zero-order valence-corrected chi connectivity index (χ0v) is 16.5. The molecule has 0 unspecified atom stereocenters. The van der Waals surface area contributed by atoms with Crippen LogP contribution in [-0.4, -0.2) is 34.9 Å². The van der Waals surface area contributed by atoms with Crippen molar-refractivity contribution in [2.75, 3.05) is 19.6 Å². The molecule has 3 aromatic rings. The quantitative estimate of drug-likeness (QED) is 0.600. The van der Waals surface area contributed by atoms with E-state index in [9.17, 15) is 4.79 Å². The number of carbonyl (C=O) groups excluding carboxylic acids is 1. The number of carbonyl (C=O) groups is 1. The second-order valence-corrected chi connectivity index (χ2v) is 8.00. The third-order valence-electron chi connectivity index (χ3n) is 5.98. The summed E-state index contributed by atoms with van der Waals surface area (Å²) < 4.78 is 2.23. The number of hydrogen-bond acceptors (Lipinski definition) is 2. The Labute approximate surface area is 161 Å². The summed E-state index contributed by atoms with van der Waals surface area (Å²) in [6, 6.07) is 16.9. The lowest BCUT2D eigenvalue weighted by Gasteiger charge is -2.29. The third-order valence-corrected chi connectivity index (χ3v) is 5.98. The van der Waals surface area contributed by atoms with Crippen LogP contribution in [0.25, 0.3) is 16.5 Å². The normalized spacial score (nSPS) is 16.1. The number of fused-ring (bicyclic) bond motifs is 1. The van der Waals surface area contributed by atoms with Gasteiger partial charge in [0.2, 0.25) is 0 Å². The molecular weight excluding hydrogens is 332 g/mol. The number of aromatic nitrogens is 1. The molecule has 3 heteroatoms. The van der Waals surface area contributed by atoms with Crippen molar-refractivity contribution in [3.8, 4) is 5.69 Å². The van der Waals surface area contributed by atoms with Crippen molar-refractivity contribution in [2.24, 2.45) is 5.92 Å². The predicted molar refractivity (Wildman–Crippen MR) is 112 cm³/mol. The fraction of sp³-hybridized carbons (Fsp3) is 0.375. The van der Waals surface area contributed by atoms with Gasteiger partial charge in [0.05, 0.1) is 12.2 Å². The summed E-state index contributed by atoms with van der Waals surface area (Å²) in [5.41, 5.74) is 4.16. The number of rotatable bonds is 4. The Bertz CT molecular complexity index is 972. The average Bonchev–Trinajstić information content (AvgIpc) is 2.97. The fourth-order valence-corrected chi connectivity index (χ4v) is 4.33. The van der Waals surface area contributed by atoms with E-state index in [2.05, 4.69) is 78.8 Å². The maximum Gasteiger partial charge on any atom is 0.178 e. The van der Waals surface area contributed by atoms with E-state index in [1.807, 2.05) is 0 Å². The highest BCUT2D eigenvalue weighted by atomic mass is 16.1. The molecule has 2 heterocycles. The molecule has 0 aliphatic carbocycles. The first-order valence-electron chi connectivity index (χ1n) is 9.97. The minimum atomic E-state index is 0.240. The van der Waals surface area contributed by atoms with Crippen molar-refractivity contribution in [1.29, 1.82) is 0 Å². The zero-order valence-electron chi connectivity index (χ0n) is 16.5. The van der Waals surface area contributed by atoms with E-state index in [4.69, 9.17) is 0 Å². The van der Waals surface area contributed by atoms with Gasteiger partial charge in [-0.3, -0.25) is 9.69 Å². The highest BCUT2D eigenvalue weighted by Gasteiger charge is 2.22. The molecule has 2 aromatic carbocycles. The molecule has 0 saturated carbocycles. The van der Waals surface area contributed by atoms with Gasteiger partial charge in [-0.05, 0) is 63.2 Å². The van der Waals surface area contributed by atoms with Crippen LogP contribution in [-0.2, 0) is 0 Å². The van der Waals surface area contributed by atoms with Crippen LogP contribution in [0.2, 0.25) is 0 Å². The van der Waals surface area contributed by atoms with Crippen LogP contribution in [0.5, 0.6) is 0 Å². The third kappa shape index (κ3) is 3.44. The summed E-state index contributed by atoms with van der Waals surface area (Å²) in [7, 11) is 0. The molecule has 0 amide bonds. The summed E-state index contributed by atoms with van der Waals surface area (Å²) in [5, 5.41) is 2.43. The van der Waals surface area contributed by atoms with E-state index < -0.39 is 0 Å². The van der Waals surface area contributed by atoms with Crippen LogP contribution in [0.1, 0.15) is 41.5 Å². The van der Waals surface area contributed by atoms with Gasteiger partial charge in [-0.25, -0.2) is 0 Å². The van der Waals surface area contributed by atoms with Crippen molar-refractivity contribution in [3.05, 3.63) is 65.5 Å². The van der Waals surface area contributed by atoms with E-state index in [1.54, 1.807) is 0 Å². The second-order valence-electron chi connectivity index (χ2n) is 8.00. The lowest BCUT2D eigenvalue weighted by molar-refractivity contribution is 0.0899. The van der Waals surface area contributed by atoms with Gasteiger partial charge in [0.1, 0.15) is 0 Å². The largest absolute Gasteiger partial charge is 0.317 e. The first kappa shape index (κ1) is 18.0. The Morgan fingerprint density at radius 2 is 1.74 bits per heavy atom. The lowest BCUT2D eigenvalue weighted by atomic mass is 9.99. The molecule has 1 aromatic heterocycles. The topological polar surface area (TPSA) is 25.2 Å². The SMILES string of the molecule is Cc1cc(C(=O)CN2CCC(C)CC2)c(C)n1-c1cccc2ccccc12. The first-order chi connectivity index (χ1) is 13.0. The number of hydrogen-bond donors (Lipinski definition) is 0. The summed E-state index contributed by atoms with van der Waals surface area (Å²) in [6.45, 7) is 9.07. The van der Waals surface area contributed by atoms with Crippen molar-refractivity contribution < 1.29 is 4.79 Å². The van der Waals surface area contributed by atoms with Gasteiger partial charge in [-0.2, -0.15) is 0 Å². The van der Waals surface area contributed by atoms with Gasteiger partial charge >= 0.3 is 0 Å². The molecule has 3 nitrogen and oxygen atoms in total. The van der Waals surface area contributed by atoms with Gasteiger partial charge in [0, 0.05) is 22.3 Å². The molecular formula is C24H28N2O. The highest BCUT2D eigenvalue weighted by molar-refractivity contribution is 5.99. The Hall–Kier alpha value is -2.39. The molecule has 1 aliphatic heterocycles. The van der Waals surface area contributed by atoms with Crippen LogP contribution in [0, 0.1) is 19.8 Å².